The highest BCUT2D eigenvalue weighted by Gasteiger charge is 2.24. The van der Waals surface area contributed by atoms with E-state index < -0.39 is 9.84 Å². The van der Waals surface area contributed by atoms with Gasteiger partial charge < -0.3 is 10.5 Å². The number of rotatable bonds is 3. The topological polar surface area (TPSA) is 99.6 Å². The summed E-state index contributed by atoms with van der Waals surface area (Å²) in [5, 5.41) is 4.21. The first-order valence-corrected chi connectivity index (χ1v) is 9.91. The highest BCUT2D eigenvalue weighted by atomic mass is 32.2. The standard InChI is InChI=1S/C17H18N4O3S/c18-17-19-16-3-1-2-15(21(16)20-17)12-4-6-13(7-5-12)24-14-8-10-25(22,23)11-9-14/h1-7,14H,8-11H2,(H2,18,20). The van der Waals surface area contributed by atoms with E-state index in [-0.39, 0.29) is 23.6 Å². The van der Waals surface area contributed by atoms with E-state index >= 15 is 0 Å². The Kier molecular flexibility index (Phi) is 3.84. The van der Waals surface area contributed by atoms with Crippen LogP contribution in [0, 0.1) is 0 Å². The van der Waals surface area contributed by atoms with E-state index in [1.165, 1.54) is 0 Å². The summed E-state index contributed by atoms with van der Waals surface area (Å²) in [5.74, 6) is 1.37. The molecular formula is C17H18N4O3S. The van der Waals surface area contributed by atoms with Crippen molar-refractivity contribution in [3.63, 3.8) is 0 Å². The second-order valence-corrected chi connectivity index (χ2v) is 8.45. The van der Waals surface area contributed by atoms with Gasteiger partial charge in [0.1, 0.15) is 11.9 Å². The lowest BCUT2D eigenvalue weighted by molar-refractivity contribution is 0.189. The SMILES string of the molecule is Nc1nc2cccc(-c3ccc(OC4CCS(=O)(=O)CC4)cc3)n2n1. The minimum absolute atomic E-state index is 0.0482. The smallest absolute Gasteiger partial charge is 0.240 e. The molecule has 7 nitrogen and oxygen atoms in total. The quantitative estimate of drug-likeness (QED) is 0.768. The monoisotopic (exact) mass is 358 g/mol. The van der Waals surface area contributed by atoms with E-state index in [4.69, 9.17) is 10.5 Å². The number of nitrogen functional groups attached to an aromatic ring is 1. The van der Waals surface area contributed by atoms with Crippen molar-refractivity contribution in [3.8, 4) is 17.0 Å². The molecule has 0 radical (unpaired) electrons. The van der Waals surface area contributed by atoms with Crippen LogP contribution in [0.4, 0.5) is 5.95 Å². The van der Waals surface area contributed by atoms with Gasteiger partial charge in [0.2, 0.25) is 5.95 Å². The maximum absolute atomic E-state index is 11.5. The second kappa shape index (κ2) is 6.03. The lowest BCUT2D eigenvalue weighted by atomic mass is 10.1. The third kappa shape index (κ3) is 3.30. The van der Waals surface area contributed by atoms with E-state index in [1.807, 2.05) is 42.5 Å². The third-order valence-corrected chi connectivity index (χ3v) is 6.05. The molecule has 0 aliphatic carbocycles. The first kappa shape index (κ1) is 15.9. The van der Waals surface area contributed by atoms with Crippen LogP contribution in [0.3, 0.4) is 0 Å². The number of pyridine rings is 1. The Morgan fingerprint density at radius 3 is 2.52 bits per heavy atom. The minimum Gasteiger partial charge on any atom is -0.490 e. The summed E-state index contributed by atoms with van der Waals surface area (Å²) in [4.78, 5) is 4.16. The molecular weight excluding hydrogens is 340 g/mol. The van der Waals surface area contributed by atoms with Crippen LogP contribution in [0.5, 0.6) is 5.75 Å². The lowest BCUT2D eigenvalue weighted by Gasteiger charge is -2.23. The molecule has 0 unspecified atom stereocenters. The van der Waals surface area contributed by atoms with Crippen LogP contribution < -0.4 is 10.5 Å². The molecule has 2 N–H and O–H groups in total. The van der Waals surface area contributed by atoms with Gasteiger partial charge in [-0.05, 0) is 49.2 Å². The normalized spacial score (nSPS) is 17.6. The highest BCUT2D eigenvalue weighted by molar-refractivity contribution is 7.91. The molecule has 3 aromatic rings. The molecule has 3 heterocycles. The van der Waals surface area contributed by atoms with E-state index in [0.717, 1.165) is 17.0 Å². The molecule has 130 valence electrons. The Morgan fingerprint density at radius 2 is 1.80 bits per heavy atom. The molecule has 0 amide bonds. The molecule has 8 heteroatoms. The lowest BCUT2D eigenvalue weighted by Crippen LogP contribution is -2.30. The number of benzene rings is 1. The van der Waals surface area contributed by atoms with Crippen LogP contribution in [0.1, 0.15) is 12.8 Å². The number of sulfone groups is 1. The first-order chi connectivity index (χ1) is 12.0. The molecule has 25 heavy (non-hydrogen) atoms. The molecule has 2 aromatic heterocycles. The second-order valence-electron chi connectivity index (χ2n) is 6.14. The first-order valence-electron chi connectivity index (χ1n) is 8.09. The summed E-state index contributed by atoms with van der Waals surface area (Å²) in [6.45, 7) is 0. The van der Waals surface area contributed by atoms with Gasteiger partial charge in [-0.25, -0.2) is 12.9 Å². The van der Waals surface area contributed by atoms with E-state index in [9.17, 15) is 8.42 Å². The fraction of sp³-hybridized carbons (Fsp3) is 0.294. The number of aromatic nitrogens is 3. The minimum atomic E-state index is -2.88. The summed E-state index contributed by atoms with van der Waals surface area (Å²) in [6, 6.07) is 13.4. The molecule has 0 bridgehead atoms. The summed E-state index contributed by atoms with van der Waals surface area (Å²) in [6.07, 6.45) is 1.04. The van der Waals surface area contributed by atoms with Crippen molar-refractivity contribution >= 4 is 21.4 Å². The van der Waals surface area contributed by atoms with Gasteiger partial charge in [0, 0.05) is 5.56 Å². The number of ether oxygens (including phenoxy) is 1. The molecule has 1 aromatic carbocycles. The number of nitrogens with two attached hydrogens (primary N) is 1. The molecule has 1 aliphatic heterocycles. The molecule has 0 atom stereocenters. The van der Waals surface area contributed by atoms with Gasteiger partial charge in [0.15, 0.2) is 15.5 Å². The van der Waals surface area contributed by atoms with Gasteiger partial charge in [-0.1, -0.05) is 6.07 Å². The summed E-state index contributed by atoms with van der Waals surface area (Å²) in [7, 11) is -2.88. The van der Waals surface area contributed by atoms with Gasteiger partial charge in [0.05, 0.1) is 17.2 Å². The van der Waals surface area contributed by atoms with Crippen LogP contribution in [0.2, 0.25) is 0 Å². The maximum Gasteiger partial charge on any atom is 0.240 e. The Morgan fingerprint density at radius 1 is 1.08 bits per heavy atom. The number of nitrogens with zero attached hydrogens (tertiary/aromatic N) is 3. The Bertz CT molecular complexity index is 998. The molecule has 0 saturated carbocycles. The molecule has 1 aliphatic rings. The van der Waals surface area contributed by atoms with Crippen LogP contribution in [-0.4, -0.2) is 40.6 Å². The molecule has 4 rings (SSSR count). The van der Waals surface area contributed by atoms with Gasteiger partial charge in [0.25, 0.3) is 0 Å². The van der Waals surface area contributed by atoms with Crippen molar-refractivity contribution in [1.29, 1.82) is 0 Å². The maximum atomic E-state index is 11.5. The predicted octanol–water partition coefficient (Wildman–Crippen LogP) is 1.93. The Balaban J connectivity index is 1.54. The van der Waals surface area contributed by atoms with Gasteiger partial charge >= 0.3 is 0 Å². The van der Waals surface area contributed by atoms with Crippen LogP contribution in [-0.2, 0) is 9.84 Å². The number of anilines is 1. The summed E-state index contributed by atoms with van der Waals surface area (Å²) >= 11 is 0. The Hall–Kier alpha value is -2.61. The van der Waals surface area contributed by atoms with Crippen molar-refractivity contribution in [2.24, 2.45) is 0 Å². The molecule has 1 fully saturated rings. The van der Waals surface area contributed by atoms with E-state index in [2.05, 4.69) is 10.1 Å². The van der Waals surface area contributed by atoms with Crippen molar-refractivity contribution in [2.75, 3.05) is 17.2 Å². The fourth-order valence-corrected chi connectivity index (χ4v) is 4.47. The third-order valence-electron chi connectivity index (χ3n) is 4.33. The molecule has 1 saturated heterocycles. The average Bonchev–Trinajstić information content (AvgIpc) is 2.98. The van der Waals surface area contributed by atoms with Gasteiger partial charge in [-0.2, -0.15) is 4.98 Å². The van der Waals surface area contributed by atoms with Crippen LogP contribution in [0.15, 0.2) is 42.5 Å². The zero-order valence-electron chi connectivity index (χ0n) is 13.5. The average molecular weight is 358 g/mol. The zero-order valence-corrected chi connectivity index (χ0v) is 14.3. The van der Waals surface area contributed by atoms with Crippen molar-refractivity contribution in [1.82, 2.24) is 14.6 Å². The van der Waals surface area contributed by atoms with Crippen LogP contribution >= 0.6 is 0 Å². The molecule has 0 spiro atoms. The zero-order chi connectivity index (χ0) is 17.4. The number of fused-ring (bicyclic) bond motifs is 1. The highest BCUT2D eigenvalue weighted by Crippen LogP contribution is 2.25. The van der Waals surface area contributed by atoms with Crippen molar-refractivity contribution < 1.29 is 13.2 Å². The van der Waals surface area contributed by atoms with Crippen molar-refractivity contribution in [2.45, 2.75) is 18.9 Å². The number of hydrogen-bond acceptors (Lipinski definition) is 6. The van der Waals surface area contributed by atoms with Crippen molar-refractivity contribution in [3.05, 3.63) is 42.5 Å². The summed E-state index contributed by atoms with van der Waals surface area (Å²) < 4.78 is 30.6. The van der Waals surface area contributed by atoms with Gasteiger partial charge in [-0.15, -0.1) is 5.10 Å². The van der Waals surface area contributed by atoms with Crippen LogP contribution in [0.25, 0.3) is 16.9 Å². The van der Waals surface area contributed by atoms with Gasteiger partial charge in [-0.3, -0.25) is 0 Å². The number of hydrogen-bond donors (Lipinski definition) is 1. The summed E-state index contributed by atoms with van der Waals surface area (Å²) in [5.41, 5.74) is 8.23. The largest absolute Gasteiger partial charge is 0.490 e. The van der Waals surface area contributed by atoms with E-state index in [1.54, 1.807) is 4.52 Å². The predicted molar refractivity (Wildman–Crippen MR) is 95.1 cm³/mol. The van der Waals surface area contributed by atoms with E-state index in [0.29, 0.717) is 18.5 Å². The Labute approximate surface area is 145 Å². The fourth-order valence-electron chi connectivity index (χ4n) is 3.02.